The van der Waals surface area contributed by atoms with Crippen molar-refractivity contribution in [1.29, 1.82) is 0 Å². The molecule has 1 aliphatic rings. The van der Waals surface area contributed by atoms with E-state index < -0.39 is 0 Å². The Labute approximate surface area is 110 Å². The Morgan fingerprint density at radius 3 is 2.89 bits per heavy atom. The number of aryl methyl sites for hydroxylation is 1. The van der Waals surface area contributed by atoms with E-state index in [-0.39, 0.29) is 0 Å². The maximum absolute atomic E-state index is 5.98. The van der Waals surface area contributed by atoms with Crippen LogP contribution in [0.1, 0.15) is 44.8 Å². The number of aromatic nitrogens is 2. The summed E-state index contributed by atoms with van der Waals surface area (Å²) in [6.07, 6.45) is 5.71. The van der Waals surface area contributed by atoms with Gasteiger partial charge >= 0.3 is 0 Å². The Morgan fingerprint density at radius 1 is 1.56 bits per heavy atom. The molecule has 0 bridgehead atoms. The molecule has 102 valence electrons. The van der Waals surface area contributed by atoms with Crippen LogP contribution in [0.15, 0.2) is 12.3 Å². The second-order valence-corrected chi connectivity index (χ2v) is 5.48. The van der Waals surface area contributed by atoms with Crippen LogP contribution in [0.4, 0.5) is 0 Å². The maximum Gasteiger partial charge on any atom is 0.0549 e. The first kappa shape index (κ1) is 13.6. The van der Waals surface area contributed by atoms with Gasteiger partial charge in [0, 0.05) is 31.9 Å². The predicted octanol–water partition coefficient (Wildman–Crippen LogP) is 1.93. The second kappa shape index (κ2) is 5.85. The molecule has 4 heteroatoms. The summed E-state index contributed by atoms with van der Waals surface area (Å²) in [7, 11) is 2.02. The lowest BCUT2D eigenvalue weighted by molar-refractivity contribution is 0.0739. The molecule has 0 radical (unpaired) electrons. The zero-order chi connectivity index (χ0) is 13.1. The molecule has 4 nitrogen and oxygen atoms in total. The summed E-state index contributed by atoms with van der Waals surface area (Å²) in [5, 5.41) is 4.27. The largest absolute Gasteiger partial charge is 0.329 e. The highest BCUT2D eigenvalue weighted by molar-refractivity contribution is 5.07. The third-order valence-corrected chi connectivity index (χ3v) is 4.50. The molecule has 1 aromatic rings. The average Bonchev–Trinajstić information content (AvgIpc) is 2.83. The standard InChI is InChI=1S/C14H26N4/c1-4-12-6-8-18(13(9-12)10-15)11(2)14-5-7-16-17(14)3/h5,7,11-13H,4,6,8-10,15H2,1-3H3. The first-order valence-electron chi connectivity index (χ1n) is 7.11. The Balaban J connectivity index is 2.10. The molecule has 3 unspecified atom stereocenters. The normalized spacial score (nSPS) is 27.3. The number of hydrogen-bond acceptors (Lipinski definition) is 3. The molecular formula is C14H26N4. The average molecular weight is 250 g/mol. The van der Waals surface area contributed by atoms with E-state index in [9.17, 15) is 0 Å². The van der Waals surface area contributed by atoms with Gasteiger partial charge in [-0.05, 0) is 38.3 Å². The molecule has 2 rings (SSSR count). The minimum Gasteiger partial charge on any atom is -0.329 e. The third kappa shape index (κ3) is 2.59. The Kier molecular flexibility index (Phi) is 4.40. The molecule has 18 heavy (non-hydrogen) atoms. The van der Waals surface area contributed by atoms with Crippen LogP contribution in [0.3, 0.4) is 0 Å². The molecule has 2 heterocycles. The smallest absolute Gasteiger partial charge is 0.0549 e. The van der Waals surface area contributed by atoms with Gasteiger partial charge in [-0.25, -0.2) is 0 Å². The van der Waals surface area contributed by atoms with Gasteiger partial charge in [-0.15, -0.1) is 0 Å². The molecule has 1 fully saturated rings. The van der Waals surface area contributed by atoms with Gasteiger partial charge in [0.25, 0.3) is 0 Å². The predicted molar refractivity (Wildman–Crippen MR) is 74.2 cm³/mol. The lowest BCUT2D eigenvalue weighted by atomic mass is 9.87. The van der Waals surface area contributed by atoms with E-state index in [2.05, 4.69) is 29.9 Å². The van der Waals surface area contributed by atoms with Crippen molar-refractivity contribution in [3.05, 3.63) is 18.0 Å². The minimum atomic E-state index is 0.406. The van der Waals surface area contributed by atoms with E-state index >= 15 is 0 Å². The van der Waals surface area contributed by atoms with E-state index in [0.717, 1.165) is 19.0 Å². The third-order valence-electron chi connectivity index (χ3n) is 4.50. The highest BCUT2D eigenvalue weighted by Gasteiger charge is 2.31. The van der Waals surface area contributed by atoms with Crippen molar-refractivity contribution < 1.29 is 0 Å². The van der Waals surface area contributed by atoms with E-state index in [0.29, 0.717) is 12.1 Å². The Hall–Kier alpha value is -0.870. The van der Waals surface area contributed by atoms with Crippen LogP contribution < -0.4 is 5.73 Å². The summed E-state index contributed by atoms with van der Waals surface area (Å²) in [5.41, 5.74) is 7.26. The molecule has 0 saturated carbocycles. The van der Waals surface area contributed by atoms with E-state index in [4.69, 9.17) is 5.73 Å². The Bertz CT molecular complexity index is 374. The van der Waals surface area contributed by atoms with Crippen molar-refractivity contribution in [1.82, 2.24) is 14.7 Å². The highest BCUT2D eigenvalue weighted by Crippen LogP contribution is 2.31. The molecule has 1 aliphatic heterocycles. The van der Waals surface area contributed by atoms with Crippen molar-refractivity contribution in [2.24, 2.45) is 18.7 Å². The lowest BCUT2D eigenvalue weighted by Crippen LogP contribution is -2.47. The first-order chi connectivity index (χ1) is 8.67. The number of nitrogens with two attached hydrogens (primary N) is 1. The number of hydrogen-bond donors (Lipinski definition) is 1. The van der Waals surface area contributed by atoms with E-state index in [1.165, 1.54) is 25.0 Å². The van der Waals surface area contributed by atoms with Crippen LogP contribution in [0.2, 0.25) is 0 Å². The summed E-state index contributed by atoms with van der Waals surface area (Å²) in [4.78, 5) is 2.56. The molecule has 3 atom stereocenters. The number of piperidine rings is 1. The van der Waals surface area contributed by atoms with Gasteiger partial charge in [-0.2, -0.15) is 5.10 Å². The monoisotopic (exact) mass is 250 g/mol. The van der Waals surface area contributed by atoms with Crippen LogP contribution >= 0.6 is 0 Å². The van der Waals surface area contributed by atoms with Gasteiger partial charge in [0.1, 0.15) is 0 Å². The number of likely N-dealkylation sites (tertiary alicyclic amines) is 1. The minimum absolute atomic E-state index is 0.406. The van der Waals surface area contributed by atoms with Gasteiger partial charge < -0.3 is 5.73 Å². The molecule has 1 saturated heterocycles. The highest BCUT2D eigenvalue weighted by atomic mass is 15.3. The zero-order valence-corrected chi connectivity index (χ0v) is 11.8. The molecule has 0 amide bonds. The molecule has 0 aromatic carbocycles. The first-order valence-corrected chi connectivity index (χ1v) is 7.11. The van der Waals surface area contributed by atoms with E-state index in [1.54, 1.807) is 0 Å². The summed E-state index contributed by atoms with van der Waals surface area (Å²) < 4.78 is 1.98. The van der Waals surface area contributed by atoms with Crippen molar-refractivity contribution in [2.75, 3.05) is 13.1 Å². The van der Waals surface area contributed by atoms with E-state index in [1.807, 2.05) is 17.9 Å². The summed E-state index contributed by atoms with van der Waals surface area (Å²) >= 11 is 0. The van der Waals surface area contributed by atoms with Crippen LogP contribution in [0, 0.1) is 5.92 Å². The van der Waals surface area contributed by atoms with Crippen LogP contribution in [-0.2, 0) is 7.05 Å². The number of nitrogens with zero attached hydrogens (tertiary/aromatic N) is 3. The van der Waals surface area contributed by atoms with Crippen LogP contribution in [0.5, 0.6) is 0 Å². The van der Waals surface area contributed by atoms with Gasteiger partial charge in [0.05, 0.1) is 5.69 Å². The maximum atomic E-state index is 5.98. The van der Waals surface area contributed by atoms with Crippen molar-refractivity contribution in [3.8, 4) is 0 Å². The molecule has 2 N–H and O–H groups in total. The van der Waals surface area contributed by atoms with Crippen LogP contribution in [0.25, 0.3) is 0 Å². The topological polar surface area (TPSA) is 47.1 Å². The summed E-state index contributed by atoms with van der Waals surface area (Å²) in [6, 6.07) is 3.04. The fourth-order valence-electron chi connectivity index (χ4n) is 3.23. The molecule has 0 aliphatic carbocycles. The summed E-state index contributed by atoms with van der Waals surface area (Å²) in [5.74, 6) is 0.855. The Morgan fingerprint density at radius 2 is 2.33 bits per heavy atom. The SMILES string of the molecule is CCC1CCN(C(C)c2ccnn2C)C(CN)C1. The van der Waals surface area contributed by atoms with Crippen LogP contribution in [-0.4, -0.2) is 33.8 Å². The lowest BCUT2D eigenvalue weighted by Gasteiger charge is -2.42. The van der Waals surface area contributed by atoms with Gasteiger partial charge in [0.2, 0.25) is 0 Å². The molecule has 1 aromatic heterocycles. The zero-order valence-electron chi connectivity index (χ0n) is 11.8. The van der Waals surface area contributed by atoms with Gasteiger partial charge in [-0.1, -0.05) is 13.3 Å². The summed E-state index contributed by atoms with van der Waals surface area (Å²) in [6.45, 7) is 6.48. The second-order valence-electron chi connectivity index (χ2n) is 5.48. The molecular weight excluding hydrogens is 224 g/mol. The van der Waals surface area contributed by atoms with Crippen molar-refractivity contribution >= 4 is 0 Å². The molecule has 0 spiro atoms. The number of rotatable bonds is 4. The van der Waals surface area contributed by atoms with Crippen molar-refractivity contribution in [3.63, 3.8) is 0 Å². The van der Waals surface area contributed by atoms with Crippen molar-refractivity contribution in [2.45, 2.75) is 45.2 Å². The quantitative estimate of drug-likeness (QED) is 0.888. The van der Waals surface area contributed by atoms with Gasteiger partial charge in [-0.3, -0.25) is 9.58 Å². The fraction of sp³-hybridized carbons (Fsp3) is 0.786. The fourth-order valence-corrected chi connectivity index (χ4v) is 3.23. The van der Waals surface area contributed by atoms with Gasteiger partial charge in [0.15, 0.2) is 0 Å².